The van der Waals surface area contributed by atoms with Crippen LogP contribution in [0.15, 0.2) is 12.1 Å². The summed E-state index contributed by atoms with van der Waals surface area (Å²) in [5, 5.41) is 3.65. The fourth-order valence-electron chi connectivity index (χ4n) is 2.77. The second-order valence-electron chi connectivity index (χ2n) is 5.72. The number of carbonyl (C=O) groups is 1. The molecule has 136 valence electrons. The average Bonchev–Trinajstić information content (AvgIpc) is 2.59. The lowest BCUT2D eigenvalue weighted by Gasteiger charge is -2.32. The van der Waals surface area contributed by atoms with Crippen LogP contribution in [0.5, 0.6) is 11.5 Å². The first kappa shape index (κ1) is 20.9. The van der Waals surface area contributed by atoms with Crippen molar-refractivity contribution in [2.75, 3.05) is 33.9 Å². The van der Waals surface area contributed by atoms with E-state index in [-0.39, 0.29) is 18.3 Å². The first-order chi connectivity index (χ1) is 11.1. The van der Waals surface area contributed by atoms with Crippen LogP contribution in [0, 0.1) is 0 Å². The minimum Gasteiger partial charge on any atom is -0.493 e. The summed E-state index contributed by atoms with van der Waals surface area (Å²) in [5.41, 5.74) is 0.535. The van der Waals surface area contributed by atoms with Crippen molar-refractivity contribution < 1.29 is 14.3 Å². The quantitative estimate of drug-likeness (QED) is 0.826. The Morgan fingerprint density at radius 2 is 2.21 bits per heavy atom. The molecule has 1 aliphatic heterocycles. The summed E-state index contributed by atoms with van der Waals surface area (Å²) in [6.45, 7) is 4.06. The van der Waals surface area contributed by atoms with Gasteiger partial charge in [0.2, 0.25) is 0 Å². The van der Waals surface area contributed by atoms with Gasteiger partial charge in [-0.3, -0.25) is 4.79 Å². The number of piperidine rings is 1. The number of ether oxygens (including phenoxy) is 2. The first-order valence-electron chi connectivity index (χ1n) is 8.07. The Labute approximate surface area is 155 Å². The summed E-state index contributed by atoms with van der Waals surface area (Å²) in [6, 6.07) is 3.72. The molecule has 0 aromatic heterocycles. The second-order valence-corrected chi connectivity index (χ2v) is 6.12. The molecule has 0 spiro atoms. The van der Waals surface area contributed by atoms with E-state index in [0.29, 0.717) is 41.3 Å². The molecule has 0 aliphatic carbocycles. The van der Waals surface area contributed by atoms with Crippen LogP contribution in [0.4, 0.5) is 0 Å². The van der Waals surface area contributed by atoms with Gasteiger partial charge in [0.15, 0.2) is 11.5 Å². The lowest BCUT2D eigenvalue weighted by molar-refractivity contribution is 0.0697. The van der Waals surface area contributed by atoms with Crippen molar-refractivity contribution in [3.8, 4) is 11.5 Å². The smallest absolute Gasteiger partial charge is 0.254 e. The third-order valence-electron chi connectivity index (χ3n) is 4.04. The number of hydrogen-bond donors (Lipinski definition) is 1. The van der Waals surface area contributed by atoms with E-state index in [9.17, 15) is 4.79 Å². The molecule has 0 saturated carbocycles. The highest BCUT2D eigenvalue weighted by Gasteiger charge is 2.25. The van der Waals surface area contributed by atoms with Gasteiger partial charge in [-0.1, -0.05) is 18.5 Å². The van der Waals surface area contributed by atoms with Crippen LogP contribution >= 0.6 is 24.0 Å². The number of halogens is 2. The molecule has 1 heterocycles. The summed E-state index contributed by atoms with van der Waals surface area (Å²) in [5.74, 6) is 0.975. The third kappa shape index (κ3) is 4.91. The van der Waals surface area contributed by atoms with Crippen molar-refractivity contribution in [2.45, 2.75) is 32.2 Å². The van der Waals surface area contributed by atoms with Crippen LogP contribution in [0.1, 0.15) is 36.5 Å². The van der Waals surface area contributed by atoms with Crippen LogP contribution in [0.2, 0.25) is 5.02 Å². The predicted molar refractivity (Wildman–Crippen MR) is 99.0 cm³/mol. The number of likely N-dealkylation sites (N-methyl/N-ethyl adjacent to an activating group) is 1. The predicted octanol–water partition coefficient (Wildman–Crippen LogP) is 3.38. The van der Waals surface area contributed by atoms with Gasteiger partial charge >= 0.3 is 0 Å². The number of benzene rings is 1. The molecule has 0 radical (unpaired) electrons. The zero-order valence-corrected chi connectivity index (χ0v) is 16.0. The molecule has 1 aromatic carbocycles. The maximum absolute atomic E-state index is 12.8. The zero-order valence-electron chi connectivity index (χ0n) is 14.4. The highest BCUT2D eigenvalue weighted by Crippen LogP contribution is 2.37. The summed E-state index contributed by atoms with van der Waals surface area (Å²) >= 11 is 6.30. The summed E-state index contributed by atoms with van der Waals surface area (Å²) < 4.78 is 11.0. The third-order valence-corrected chi connectivity index (χ3v) is 4.32. The van der Waals surface area contributed by atoms with Gasteiger partial charge in [-0.25, -0.2) is 0 Å². The van der Waals surface area contributed by atoms with E-state index in [4.69, 9.17) is 21.1 Å². The van der Waals surface area contributed by atoms with E-state index in [0.717, 1.165) is 25.8 Å². The molecule has 1 saturated heterocycles. The number of hydrogen-bond acceptors (Lipinski definition) is 4. The maximum Gasteiger partial charge on any atom is 0.254 e. The Hall–Kier alpha value is -1.17. The molecule has 1 fully saturated rings. The molecular formula is C17H26Cl2N2O3. The first-order valence-corrected chi connectivity index (χ1v) is 8.45. The van der Waals surface area contributed by atoms with Gasteiger partial charge < -0.3 is 19.7 Å². The molecule has 1 amide bonds. The zero-order chi connectivity index (χ0) is 16.8. The standard InChI is InChI=1S/C17H25ClN2O3.ClH/c1-4-8-23-16-14(18)9-12(10-15(16)22-3)17(21)20-7-5-6-13(11-20)19-2;/h9-10,13,19H,4-8,11H2,1-3H3;1H. The van der Waals surface area contributed by atoms with Crippen LogP contribution in [0.3, 0.4) is 0 Å². The number of carbonyl (C=O) groups excluding carboxylic acids is 1. The molecule has 1 N–H and O–H groups in total. The largest absolute Gasteiger partial charge is 0.493 e. The van der Waals surface area contributed by atoms with Gasteiger partial charge in [-0.05, 0) is 38.4 Å². The molecule has 7 heteroatoms. The number of nitrogens with zero attached hydrogens (tertiary/aromatic N) is 1. The molecule has 24 heavy (non-hydrogen) atoms. The van der Waals surface area contributed by atoms with E-state index < -0.39 is 0 Å². The molecule has 1 atom stereocenters. The van der Waals surface area contributed by atoms with Crippen LogP contribution in [-0.4, -0.2) is 50.7 Å². The summed E-state index contributed by atoms with van der Waals surface area (Å²) in [7, 11) is 3.48. The SMILES string of the molecule is CCCOc1c(Cl)cc(C(=O)N2CCCC(NC)C2)cc1OC.Cl. The summed E-state index contributed by atoms with van der Waals surface area (Å²) in [4.78, 5) is 14.6. The fraction of sp³-hybridized carbons (Fsp3) is 0.588. The number of rotatable bonds is 6. The number of likely N-dealkylation sites (tertiary alicyclic amines) is 1. The average molecular weight is 377 g/mol. The Kier molecular flexibility index (Phi) is 8.67. The molecule has 1 unspecified atom stereocenters. The van der Waals surface area contributed by atoms with E-state index in [2.05, 4.69) is 5.32 Å². The number of amides is 1. The van der Waals surface area contributed by atoms with Gasteiger partial charge in [-0.15, -0.1) is 12.4 Å². The number of nitrogens with one attached hydrogen (secondary N) is 1. The Balaban J connectivity index is 0.00000288. The van der Waals surface area contributed by atoms with Crippen molar-refractivity contribution in [3.05, 3.63) is 22.7 Å². The topological polar surface area (TPSA) is 50.8 Å². The van der Waals surface area contributed by atoms with Crippen molar-refractivity contribution in [1.29, 1.82) is 0 Å². The van der Waals surface area contributed by atoms with Crippen LogP contribution in [0.25, 0.3) is 0 Å². The Bertz CT molecular complexity index is 555. The van der Waals surface area contributed by atoms with Crippen LogP contribution in [-0.2, 0) is 0 Å². The Morgan fingerprint density at radius 3 is 2.83 bits per heavy atom. The Morgan fingerprint density at radius 1 is 1.46 bits per heavy atom. The molecule has 5 nitrogen and oxygen atoms in total. The highest BCUT2D eigenvalue weighted by molar-refractivity contribution is 6.32. The molecule has 2 rings (SSSR count). The van der Waals surface area contributed by atoms with Gasteiger partial charge in [-0.2, -0.15) is 0 Å². The van der Waals surface area contributed by atoms with Crippen molar-refractivity contribution in [3.63, 3.8) is 0 Å². The molecular weight excluding hydrogens is 351 g/mol. The van der Waals surface area contributed by atoms with Gasteiger partial charge in [0, 0.05) is 24.7 Å². The maximum atomic E-state index is 12.8. The minimum atomic E-state index is -0.0211. The summed E-state index contributed by atoms with van der Waals surface area (Å²) in [6.07, 6.45) is 2.97. The minimum absolute atomic E-state index is 0. The van der Waals surface area contributed by atoms with E-state index >= 15 is 0 Å². The van der Waals surface area contributed by atoms with Gasteiger partial charge in [0.25, 0.3) is 5.91 Å². The van der Waals surface area contributed by atoms with Crippen molar-refractivity contribution in [1.82, 2.24) is 10.2 Å². The van der Waals surface area contributed by atoms with E-state index in [1.807, 2.05) is 18.9 Å². The van der Waals surface area contributed by atoms with Crippen molar-refractivity contribution in [2.24, 2.45) is 0 Å². The van der Waals surface area contributed by atoms with Crippen LogP contribution < -0.4 is 14.8 Å². The van der Waals surface area contributed by atoms with Gasteiger partial charge in [0.1, 0.15) is 0 Å². The molecule has 1 aromatic rings. The van der Waals surface area contributed by atoms with E-state index in [1.165, 1.54) is 0 Å². The van der Waals surface area contributed by atoms with Crippen molar-refractivity contribution >= 4 is 29.9 Å². The molecule has 0 bridgehead atoms. The number of methoxy groups -OCH3 is 1. The molecule has 1 aliphatic rings. The highest BCUT2D eigenvalue weighted by atomic mass is 35.5. The lowest BCUT2D eigenvalue weighted by atomic mass is 10.0. The monoisotopic (exact) mass is 376 g/mol. The lowest BCUT2D eigenvalue weighted by Crippen LogP contribution is -2.46. The van der Waals surface area contributed by atoms with Gasteiger partial charge in [0.05, 0.1) is 18.7 Å². The van der Waals surface area contributed by atoms with E-state index in [1.54, 1.807) is 19.2 Å². The normalized spacial score (nSPS) is 17.2. The fourth-order valence-corrected chi connectivity index (χ4v) is 3.03. The second kappa shape index (κ2) is 9.97.